The fraction of sp³-hybridized carbons (Fsp3) is 0.0800. The molecule has 4 aromatic rings. The number of sulfone groups is 1. The van der Waals surface area contributed by atoms with Crippen LogP contribution in [0, 0.1) is 0 Å². The van der Waals surface area contributed by atoms with Gasteiger partial charge in [0.25, 0.3) is 0 Å². The average molecular weight is 459 g/mol. The van der Waals surface area contributed by atoms with Crippen molar-refractivity contribution in [2.24, 2.45) is 0 Å². The van der Waals surface area contributed by atoms with Gasteiger partial charge in [-0.3, -0.25) is 9.97 Å². The number of carbonyl (C=O) groups is 1. The van der Waals surface area contributed by atoms with E-state index in [1.165, 1.54) is 18.2 Å². The zero-order valence-corrected chi connectivity index (χ0v) is 18.5. The normalized spacial score (nSPS) is 12.1. The molecule has 1 atom stereocenters. The van der Waals surface area contributed by atoms with Crippen molar-refractivity contribution in [2.45, 2.75) is 16.7 Å². The van der Waals surface area contributed by atoms with Crippen LogP contribution in [0.25, 0.3) is 10.9 Å². The second kappa shape index (κ2) is 9.62. The second-order valence-electron chi connectivity index (χ2n) is 7.35. The van der Waals surface area contributed by atoms with Gasteiger partial charge in [0.2, 0.25) is 0 Å². The van der Waals surface area contributed by atoms with Crippen LogP contribution < -0.4 is 10.6 Å². The third-order valence-electron chi connectivity index (χ3n) is 5.12. The lowest BCUT2D eigenvalue weighted by molar-refractivity contribution is 0.251. The summed E-state index contributed by atoms with van der Waals surface area (Å²) in [5.74, 6) is 0. The first-order chi connectivity index (χ1) is 16.0. The van der Waals surface area contributed by atoms with Crippen LogP contribution in [0.4, 0.5) is 10.5 Å². The summed E-state index contributed by atoms with van der Waals surface area (Å²) >= 11 is 0. The first-order valence-electron chi connectivity index (χ1n) is 10.2. The topological polar surface area (TPSA) is 101 Å². The smallest absolute Gasteiger partial charge is 0.319 e. The van der Waals surface area contributed by atoms with Gasteiger partial charge in [0.1, 0.15) is 5.25 Å². The number of carbonyl (C=O) groups excluding carboxylic acids is 1. The fourth-order valence-corrected chi connectivity index (χ4v) is 5.01. The van der Waals surface area contributed by atoms with E-state index in [-0.39, 0.29) is 4.90 Å². The van der Waals surface area contributed by atoms with Crippen molar-refractivity contribution in [3.05, 3.63) is 109 Å². The van der Waals surface area contributed by atoms with Crippen molar-refractivity contribution in [3.8, 4) is 0 Å². The maximum Gasteiger partial charge on any atom is 0.319 e. The molecule has 2 aromatic carbocycles. The summed E-state index contributed by atoms with van der Waals surface area (Å²) < 4.78 is 26.6. The van der Waals surface area contributed by atoms with Gasteiger partial charge in [0.15, 0.2) is 9.84 Å². The van der Waals surface area contributed by atoms with Gasteiger partial charge in [-0.1, -0.05) is 24.3 Å². The van der Waals surface area contributed by atoms with Crippen LogP contribution in [0.2, 0.25) is 0 Å². The number of anilines is 1. The van der Waals surface area contributed by atoms with Gasteiger partial charge in [0, 0.05) is 36.2 Å². The number of rotatable bonds is 7. The molecule has 1 unspecified atom stereocenters. The Bertz CT molecular complexity index is 1390. The maximum absolute atomic E-state index is 13.3. The molecule has 0 aliphatic carbocycles. The van der Waals surface area contributed by atoms with Gasteiger partial charge in [-0.05, 0) is 59.7 Å². The molecule has 166 valence electrons. The lowest BCUT2D eigenvalue weighted by atomic mass is 10.1. The lowest BCUT2D eigenvalue weighted by Crippen LogP contribution is -2.28. The molecule has 0 bridgehead atoms. The summed E-state index contributed by atoms with van der Waals surface area (Å²) in [7, 11) is -3.74. The number of pyridine rings is 2. The lowest BCUT2D eigenvalue weighted by Gasteiger charge is -2.15. The van der Waals surface area contributed by atoms with Crippen LogP contribution in [0.5, 0.6) is 0 Å². The van der Waals surface area contributed by atoms with Crippen LogP contribution in [-0.2, 0) is 16.4 Å². The summed E-state index contributed by atoms with van der Waals surface area (Å²) in [6.07, 6.45) is 6.44. The second-order valence-corrected chi connectivity index (χ2v) is 9.42. The molecule has 2 N–H and O–H groups in total. The van der Waals surface area contributed by atoms with Crippen LogP contribution >= 0.6 is 0 Å². The van der Waals surface area contributed by atoms with Gasteiger partial charge in [-0.2, -0.15) is 0 Å². The highest BCUT2D eigenvalue weighted by molar-refractivity contribution is 7.91. The van der Waals surface area contributed by atoms with Gasteiger partial charge >= 0.3 is 6.03 Å². The molecule has 0 fully saturated rings. The first kappa shape index (κ1) is 22.2. The van der Waals surface area contributed by atoms with Crippen molar-refractivity contribution in [2.75, 3.05) is 5.32 Å². The average Bonchev–Trinajstić information content (AvgIpc) is 2.84. The van der Waals surface area contributed by atoms with Crippen LogP contribution in [0.15, 0.2) is 103 Å². The molecular formula is C25H22N4O3S. The van der Waals surface area contributed by atoms with Crippen molar-refractivity contribution in [1.29, 1.82) is 0 Å². The molecule has 0 aliphatic rings. The molecule has 4 rings (SSSR count). The summed E-state index contributed by atoms with van der Waals surface area (Å²) in [6.45, 7) is 4.07. The number of nitrogens with one attached hydrogen (secondary N) is 2. The van der Waals surface area contributed by atoms with Crippen molar-refractivity contribution in [1.82, 2.24) is 15.3 Å². The number of urea groups is 1. The van der Waals surface area contributed by atoms with Crippen molar-refractivity contribution >= 4 is 32.5 Å². The van der Waals surface area contributed by atoms with Crippen LogP contribution in [0.1, 0.15) is 16.4 Å². The number of benzene rings is 2. The number of nitrogens with zero attached hydrogens (tertiary/aromatic N) is 2. The van der Waals surface area contributed by atoms with E-state index in [1.807, 2.05) is 24.3 Å². The maximum atomic E-state index is 13.3. The Morgan fingerprint density at radius 3 is 2.55 bits per heavy atom. The Hall–Kier alpha value is -4.04. The molecular weight excluding hydrogens is 436 g/mol. The van der Waals surface area contributed by atoms with E-state index < -0.39 is 21.1 Å². The predicted molar refractivity (Wildman–Crippen MR) is 128 cm³/mol. The number of hydrogen-bond donors (Lipinski definition) is 2. The van der Waals surface area contributed by atoms with Crippen molar-refractivity contribution in [3.63, 3.8) is 0 Å². The van der Waals surface area contributed by atoms with E-state index >= 15 is 0 Å². The highest BCUT2D eigenvalue weighted by Gasteiger charge is 2.26. The van der Waals surface area contributed by atoms with Crippen molar-refractivity contribution < 1.29 is 13.2 Å². The van der Waals surface area contributed by atoms with E-state index in [0.29, 0.717) is 17.8 Å². The number of aromatic nitrogens is 2. The minimum atomic E-state index is -3.74. The first-order valence-corrected chi connectivity index (χ1v) is 11.8. The minimum Gasteiger partial charge on any atom is -0.334 e. The largest absolute Gasteiger partial charge is 0.334 e. The molecule has 0 saturated carbocycles. The van der Waals surface area contributed by atoms with Crippen LogP contribution in [0.3, 0.4) is 0 Å². The number of amides is 2. The molecule has 0 saturated heterocycles. The zero-order chi connectivity index (χ0) is 23.3. The molecule has 2 heterocycles. The van der Waals surface area contributed by atoms with Crippen LogP contribution in [-0.4, -0.2) is 24.4 Å². The highest BCUT2D eigenvalue weighted by Crippen LogP contribution is 2.32. The third kappa shape index (κ3) is 5.07. The predicted octanol–water partition coefficient (Wildman–Crippen LogP) is 4.65. The summed E-state index contributed by atoms with van der Waals surface area (Å²) in [5.41, 5.74) is 2.75. The third-order valence-corrected chi connectivity index (χ3v) is 7.18. The summed E-state index contributed by atoms with van der Waals surface area (Å²) in [4.78, 5) is 20.5. The van der Waals surface area contributed by atoms with E-state index in [0.717, 1.165) is 16.5 Å². The molecule has 7 nitrogen and oxygen atoms in total. The minimum absolute atomic E-state index is 0.139. The number of hydrogen-bond acceptors (Lipinski definition) is 5. The summed E-state index contributed by atoms with van der Waals surface area (Å²) in [5, 5.41) is 5.36. The SMILES string of the molecule is C=CC(c1ccc2ncccc2c1)S(=O)(=O)c1ccc(NC(=O)NCc2cccnc2)cc1. The Balaban J connectivity index is 1.48. The molecule has 2 aromatic heterocycles. The summed E-state index contributed by atoms with van der Waals surface area (Å²) in [6, 6.07) is 18.4. The Morgan fingerprint density at radius 2 is 1.82 bits per heavy atom. The van der Waals surface area contributed by atoms with Gasteiger partial charge in [-0.25, -0.2) is 13.2 Å². The molecule has 33 heavy (non-hydrogen) atoms. The van der Waals surface area contributed by atoms with E-state index in [9.17, 15) is 13.2 Å². The van der Waals surface area contributed by atoms with Gasteiger partial charge in [0.05, 0.1) is 10.4 Å². The Kier molecular flexibility index (Phi) is 6.46. The quantitative estimate of drug-likeness (QED) is 0.393. The Morgan fingerprint density at radius 1 is 1.03 bits per heavy atom. The van der Waals surface area contributed by atoms with E-state index in [4.69, 9.17) is 0 Å². The molecule has 0 radical (unpaired) electrons. The van der Waals surface area contributed by atoms with E-state index in [2.05, 4.69) is 27.2 Å². The molecule has 8 heteroatoms. The van der Waals surface area contributed by atoms with E-state index in [1.54, 1.807) is 48.9 Å². The molecule has 0 spiro atoms. The van der Waals surface area contributed by atoms with Gasteiger partial charge < -0.3 is 10.6 Å². The zero-order valence-electron chi connectivity index (χ0n) is 17.7. The Labute approximate surface area is 192 Å². The molecule has 0 aliphatic heterocycles. The van der Waals surface area contributed by atoms with Gasteiger partial charge in [-0.15, -0.1) is 6.58 Å². The monoisotopic (exact) mass is 458 g/mol. The standard InChI is InChI=1S/C25H22N4O3S/c1-2-24(20-7-12-23-19(15-20)6-4-14-27-23)33(31,32)22-10-8-21(9-11-22)29-25(30)28-17-18-5-3-13-26-16-18/h2-16,24H,1,17H2,(H2,28,29,30). The fourth-order valence-electron chi connectivity index (χ4n) is 3.45. The number of fused-ring (bicyclic) bond motifs is 1. The molecule has 2 amide bonds. The highest BCUT2D eigenvalue weighted by atomic mass is 32.2.